The number of hydrogen-bond acceptors (Lipinski definition) is 5. The van der Waals surface area contributed by atoms with E-state index in [9.17, 15) is 4.79 Å². The Morgan fingerprint density at radius 2 is 2.26 bits per heavy atom. The fourth-order valence-electron chi connectivity index (χ4n) is 1.68. The van der Waals surface area contributed by atoms with Gasteiger partial charge < -0.3 is 14.7 Å². The molecule has 0 saturated heterocycles. The van der Waals surface area contributed by atoms with E-state index in [1.165, 1.54) is 6.07 Å². The second-order valence-electron chi connectivity index (χ2n) is 4.65. The molecule has 0 unspecified atom stereocenters. The summed E-state index contributed by atoms with van der Waals surface area (Å²) >= 11 is 0. The Kier molecular flexibility index (Phi) is 4.46. The molecule has 0 aliphatic rings. The summed E-state index contributed by atoms with van der Waals surface area (Å²) in [5.41, 5.74) is 0.459. The van der Waals surface area contributed by atoms with Crippen molar-refractivity contribution < 1.29 is 4.42 Å². The molecule has 0 atom stereocenters. The number of pyridine rings is 1. The van der Waals surface area contributed by atoms with E-state index in [4.69, 9.17) is 4.42 Å². The minimum absolute atomic E-state index is 0.182. The van der Waals surface area contributed by atoms with Crippen molar-refractivity contribution in [2.45, 2.75) is 32.7 Å². The molecule has 6 nitrogen and oxygen atoms in total. The predicted molar refractivity (Wildman–Crippen MR) is 71.8 cm³/mol. The summed E-state index contributed by atoms with van der Waals surface area (Å²) < 4.78 is 5.53. The molecule has 0 fully saturated rings. The molecular formula is C13H18N4O2. The first-order valence-corrected chi connectivity index (χ1v) is 6.40. The molecule has 0 amide bonds. The third kappa shape index (κ3) is 4.03. The highest BCUT2D eigenvalue weighted by Gasteiger charge is 2.08. The molecule has 2 heterocycles. The molecular weight excluding hydrogens is 244 g/mol. The molecule has 0 aromatic carbocycles. The quantitative estimate of drug-likeness (QED) is 0.768. The Labute approximate surface area is 111 Å². The van der Waals surface area contributed by atoms with E-state index in [1.54, 1.807) is 12.3 Å². The van der Waals surface area contributed by atoms with Crippen LogP contribution in [0.25, 0.3) is 11.5 Å². The highest BCUT2D eigenvalue weighted by Crippen LogP contribution is 2.15. The van der Waals surface area contributed by atoms with Crippen molar-refractivity contribution >= 4 is 0 Å². The number of aromatic amines is 1. The van der Waals surface area contributed by atoms with E-state index < -0.39 is 0 Å². The van der Waals surface area contributed by atoms with Crippen LogP contribution in [0.5, 0.6) is 0 Å². The highest BCUT2D eigenvalue weighted by molar-refractivity contribution is 5.50. The third-order valence-electron chi connectivity index (χ3n) is 2.61. The maximum absolute atomic E-state index is 11.2. The van der Waals surface area contributed by atoms with Crippen LogP contribution in [-0.2, 0) is 6.42 Å². The first-order chi connectivity index (χ1) is 9.15. The number of nitrogens with one attached hydrogen (secondary N) is 2. The molecule has 2 aromatic heterocycles. The normalized spacial score (nSPS) is 11.1. The third-order valence-corrected chi connectivity index (χ3v) is 2.61. The van der Waals surface area contributed by atoms with Crippen LogP contribution in [-0.4, -0.2) is 27.8 Å². The van der Waals surface area contributed by atoms with Crippen molar-refractivity contribution in [3.05, 3.63) is 34.6 Å². The van der Waals surface area contributed by atoms with Crippen molar-refractivity contribution in [2.24, 2.45) is 0 Å². The summed E-state index contributed by atoms with van der Waals surface area (Å²) in [5, 5.41) is 11.3. The average molecular weight is 262 g/mol. The van der Waals surface area contributed by atoms with Gasteiger partial charge in [0.05, 0.1) is 0 Å². The standard InChI is InChI=1S/C13H18N4O2/c1-9(2)14-6-3-4-12-16-17-13(19-12)10-5-7-15-11(18)8-10/h5,7-9,14H,3-4,6H2,1-2H3,(H,15,18). The molecule has 0 spiro atoms. The minimum atomic E-state index is -0.182. The summed E-state index contributed by atoms with van der Waals surface area (Å²) in [6, 6.07) is 3.66. The molecule has 2 N–H and O–H groups in total. The van der Waals surface area contributed by atoms with Crippen molar-refractivity contribution in [1.82, 2.24) is 20.5 Å². The molecule has 2 rings (SSSR count). The maximum atomic E-state index is 11.2. The lowest BCUT2D eigenvalue weighted by Gasteiger charge is -2.05. The maximum Gasteiger partial charge on any atom is 0.248 e. The fourth-order valence-corrected chi connectivity index (χ4v) is 1.68. The summed E-state index contributed by atoms with van der Waals surface area (Å²) in [6.07, 6.45) is 3.24. The average Bonchev–Trinajstić information content (AvgIpc) is 2.83. The fraction of sp³-hybridized carbons (Fsp3) is 0.462. The van der Waals surface area contributed by atoms with Crippen molar-refractivity contribution in [3.63, 3.8) is 0 Å². The van der Waals surface area contributed by atoms with Crippen molar-refractivity contribution in [3.8, 4) is 11.5 Å². The summed E-state index contributed by atoms with van der Waals surface area (Å²) in [4.78, 5) is 13.7. The molecule has 0 radical (unpaired) electrons. The van der Waals surface area contributed by atoms with Gasteiger partial charge in [-0.25, -0.2) is 0 Å². The molecule has 2 aromatic rings. The van der Waals surface area contributed by atoms with Gasteiger partial charge in [0.25, 0.3) is 0 Å². The Balaban J connectivity index is 1.94. The molecule has 0 bridgehead atoms. The second kappa shape index (κ2) is 6.29. The van der Waals surface area contributed by atoms with Crippen LogP contribution < -0.4 is 10.9 Å². The lowest BCUT2D eigenvalue weighted by atomic mass is 10.3. The van der Waals surface area contributed by atoms with Gasteiger partial charge in [-0.15, -0.1) is 10.2 Å². The topological polar surface area (TPSA) is 83.8 Å². The lowest BCUT2D eigenvalue weighted by Crippen LogP contribution is -2.23. The van der Waals surface area contributed by atoms with Gasteiger partial charge in [0.1, 0.15) is 0 Å². The monoisotopic (exact) mass is 262 g/mol. The smallest absolute Gasteiger partial charge is 0.248 e. The van der Waals surface area contributed by atoms with Crippen LogP contribution in [0, 0.1) is 0 Å². The molecule has 19 heavy (non-hydrogen) atoms. The van der Waals surface area contributed by atoms with E-state index in [2.05, 4.69) is 34.3 Å². The first kappa shape index (κ1) is 13.5. The van der Waals surface area contributed by atoms with Gasteiger partial charge in [0.2, 0.25) is 17.3 Å². The Bertz CT molecular complexity index is 574. The van der Waals surface area contributed by atoms with E-state index >= 15 is 0 Å². The largest absolute Gasteiger partial charge is 0.421 e. The van der Waals surface area contributed by atoms with Crippen LogP contribution in [0.15, 0.2) is 27.5 Å². The van der Waals surface area contributed by atoms with Crippen LogP contribution in [0.1, 0.15) is 26.2 Å². The molecule has 6 heteroatoms. The first-order valence-electron chi connectivity index (χ1n) is 6.40. The number of aryl methyl sites for hydroxylation is 1. The Hall–Kier alpha value is -1.95. The number of rotatable bonds is 6. The molecule has 0 saturated carbocycles. The predicted octanol–water partition coefficient (Wildman–Crippen LogP) is 1.36. The van der Waals surface area contributed by atoms with Crippen molar-refractivity contribution in [2.75, 3.05) is 6.54 Å². The van der Waals surface area contributed by atoms with Gasteiger partial charge in [-0.3, -0.25) is 4.79 Å². The van der Waals surface area contributed by atoms with Gasteiger partial charge in [-0.1, -0.05) is 13.8 Å². The van der Waals surface area contributed by atoms with E-state index in [0.29, 0.717) is 23.4 Å². The second-order valence-corrected chi connectivity index (χ2v) is 4.65. The number of aromatic nitrogens is 3. The zero-order valence-electron chi connectivity index (χ0n) is 11.1. The molecule has 102 valence electrons. The van der Waals surface area contributed by atoms with E-state index in [1.807, 2.05) is 0 Å². The van der Waals surface area contributed by atoms with Crippen LogP contribution >= 0.6 is 0 Å². The van der Waals surface area contributed by atoms with Gasteiger partial charge in [-0.05, 0) is 19.0 Å². The van der Waals surface area contributed by atoms with Crippen LogP contribution in [0.2, 0.25) is 0 Å². The number of hydrogen-bond donors (Lipinski definition) is 2. The molecule has 0 aliphatic heterocycles. The summed E-state index contributed by atoms with van der Waals surface area (Å²) in [7, 11) is 0. The Morgan fingerprint density at radius 1 is 1.42 bits per heavy atom. The zero-order chi connectivity index (χ0) is 13.7. The van der Waals surface area contributed by atoms with E-state index in [0.717, 1.165) is 19.4 Å². The van der Waals surface area contributed by atoms with Gasteiger partial charge in [0.15, 0.2) is 0 Å². The summed E-state index contributed by atoms with van der Waals surface area (Å²) in [5.74, 6) is 0.985. The van der Waals surface area contributed by atoms with Gasteiger partial charge >= 0.3 is 0 Å². The Morgan fingerprint density at radius 3 is 3.00 bits per heavy atom. The van der Waals surface area contributed by atoms with E-state index in [-0.39, 0.29) is 5.56 Å². The van der Waals surface area contributed by atoms with Crippen molar-refractivity contribution in [1.29, 1.82) is 0 Å². The molecule has 0 aliphatic carbocycles. The number of H-pyrrole nitrogens is 1. The minimum Gasteiger partial charge on any atom is -0.421 e. The van der Waals surface area contributed by atoms with Crippen LogP contribution in [0.4, 0.5) is 0 Å². The van der Waals surface area contributed by atoms with Gasteiger partial charge in [-0.2, -0.15) is 0 Å². The van der Waals surface area contributed by atoms with Gasteiger partial charge in [0, 0.05) is 30.3 Å². The zero-order valence-corrected chi connectivity index (χ0v) is 11.1. The lowest BCUT2D eigenvalue weighted by molar-refractivity contribution is 0.484. The van der Waals surface area contributed by atoms with Crippen LogP contribution in [0.3, 0.4) is 0 Å². The number of nitrogens with zero attached hydrogens (tertiary/aromatic N) is 2. The highest BCUT2D eigenvalue weighted by atomic mass is 16.4. The summed E-state index contributed by atoms with van der Waals surface area (Å²) in [6.45, 7) is 5.13. The SMILES string of the molecule is CC(C)NCCCc1nnc(-c2cc[nH]c(=O)c2)o1.